The van der Waals surface area contributed by atoms with Gasteiger partial charge in [-0.25, -0.2) is 0 Å². The summed E-state index contributed by atoms with van der Waals surface area (Å²) in [5.74, 6) is -0.152. The van der Waals surface area contributed by atoms with Crippen LogP contribution in [0, 0.1) is 20.8 Å². The molecule has 0 unspecified atom stereocenters. The Hall–Kier alpha value is -2.82. The number of benzene rings is 2. The first-order valence-corrected chi connectivity index (χ1v) is 8.41. The molecule has 0 aromatic heterocycles. The van der Waals surface area contributed by atoms with E-state index in [1.54, 1.807) is 0 Å². The van der Waals surface area contributed by atoms with E-state index in [9.17, 15) is 9.59 Å². The number of anilines is 3. The molecule has 2 aromatic rings. The fraction of sp³-hybridized carbons (Fsp3) is 0.300. The van der Waals surface area contributed by atoms with E-state index < -0.39 is 0 Å². The van der Waals surface area contributed by atoms with Gasteiger partial charge in [0.15, 0.2) is 0 Å². The topological polar surface area (TPSA) is 70.2 Å². The van der Waals surface area contributed by atoms with Crippen molar-refractivity contribution in [2.75, 3.05) is 22.5 Å². The Morgan fingerprint density at radius 2 is 1.60 bits per heavy atom. The van der Waals surface area contributed by atoms with Gasteiger partial charge in [-0.15, -0.1) is 0 Å². The summed E-state index contributed by atoms with van der Waals surface area (Å²) in [4.78, 5) is 23.8. The van der Waals surface area contributed by atoms with Crippen LogP contribution in [0.25, 0.3) is 0 Å². The van der Waals surface area contributed by atoms with E-state index in [4.69, 9.17) is 0 Å². The summed E-state index contributed by atoms with van der Waals surface area (Å²) in [6.45, 7) is 7.90. The maximum Gasteiger partial charge on any atom is 0.243 e. The molecular weight excluding hydrogens is 314 g/mol. The highest BCUT2D eigenvalue weighted by Crippen LogP contribution is 2.21. The summed E-state index contributed by atoms with van der Waals surface area (Å²) >= 11 is 0. The van der Waals surface area contributed by atoms with E-state index in [0.29, 0.717) is 6.42 Å². The molecule has 3 N–H and O–H groups in total. The molecule has 132 valence electrons. The molecule has 0 aliphatic carbocycles. The van der Waals surface area contributed by atoms with Crippen molar-refractivity contribution in [2.45, 2.75) is 34.1 Å². The lowest BCUT2D eigenvalue weighted by Crippen LogP contribution is -2.22. The second kappa shape index (κ2) is 8.33. The van der Waals surface area contributed by atoms with Gasteiger partial charge in [-0.1, -0.05) is 25.1 Å². The van der Waals surface area contributed by atoms with E-state index >= 15 is 0 Å². The minimum Gasteiger partial charge on any atom is -0.376 e. The lowest BCUT2D eigenvalue weighted by atomic mass is 10.1. The van der Waals surface area contributed by atoms with Gasteiger partial charge < -0.3 is 16.0 Å². The Labute approximate surface area is 148 Å². The highest BCUT2D eigenvalue weighted by atomic mass is 16.2. The average Bonchev–Trinajstić information content (AvgIpc) is 2.59. The van der Waals surface area contributed by atoms with Crippen LogP contribution in [-0.2, 0) is 9.59 Å². The van der Waals surface area contributed by atoms with Gasteiger partial charge in [0, 0.05) is 23.5 Å². The van der Waals surface area contributed by atoms with Gasteiger partial charge in [-0.2, -0.15) is 0 Å². The standard InChI is InChI=1S/C20H25N3O2/c1-5-19(24)23-18-11-16(10-9-14(18)3)21-12-20(25)22-17-8-6-7-13(2)15(17)4/h6-11,21H,5,12H2,1-4H3,(H,22,25)(H,23,24). The number of carbonyl (C=O) groups is 2. The van der Waals surface area contributed by atoms with E-state index in [1.165, 1.54) is 0 Å². The van der Waals surface area contributed by atoms with Crippen LogP contribution < -0.4 is 16.0 Å². The summed E-state index contributed by atoms with van der Waals surface area (Å²) in [5, 5.41) is 8.87. The van der Waals surface area contributed by atoms with Crippen LogP contribution in [0.2, 0.25) is 0 Å². The first-order chi connectivity index (χ1) is 11.9. The predicted octanol–water partition coefficient (Wildman–Crippen LogP) is 4.01. The Kier molecular flexibility index (Phi) is 6.17. The zero-order valence-electron chi connectivity index (χ0n) is 15.2. The Bertz CT molecular complexity index is 785. The van der Waals surface area contributed by atoms with Crippen LogP contribution in [-0.4, -0.2) is 18.4 Å². The van der Waals surface area contributed by atoms with Gasteiger partial charge in [0.2, 0.25) is 11.8 Å². The molecule has 2 rings (SSSR count). The highest BCUT2D eigenvalue weighted by Gasteiger charge is 2.08. The molecular formula is C20H25N3O2. The van der Waals surface area contributed by atoms with Gasteiger partial charge in [-0.05, 0) is 55.7 Å². The smallest absolute Gasteiger partial charge is 0.243 e. The number of hydrogen-bond donors (Lipinski definition) is 3. The predicted molar refractivity (Wildman–Crippen MR) is 103 cm³/mol. The number of rotatable bonds is 6. The first-order valence-electron chi connectivity index (χ1n) is 8.41. The highest BCUT2D eigenvalue weighted by molar-refractivity contribution is 5.95. The SMILES string of the molecule is CCC(=O)Nc1cc(NCC(=O)Nc2cccc(C)c2C)ccc1C. The number of amides is 2. The van der Waals surface area contributed by atoms with Gasteiger partial charge >= 0.3 is 0 Å². The molecule has 0 aliphatic rings. The van der Waals surface area contributed by atoms with E-state index in [0.717, 1.165) is 33.8 Å². The Morgan fingerprint density at radius 1 is 0.880 bits per heavy atom. The molecule has 0 saturated carbocycles. The summed E-state index contributed by atoms with van der Waals surface area (Å²) in [5.41, 5.74) is 5.55. The van der Waals surface area contributed by atoms with E-state index in [1.807, 2.05) is 64.1 Å². The number of carbonyl (C=O) groups excluding carboxylic acids is 2. The van der Waals surface area contributed by atoms with Crippen molar-refractivity contribution < 1.29 is 9.59 Å². The lowest BCUT2D eigenvalue weighted by molar-refractivity contribution is -0.116. The van der Waals surface area contributed by atoms with Gasteiger partial charge in [0.25, 0.3) is 0 Å². The number of nitrogens with one attached hydrogen (secondary N) is 3. The van der Waals surface area contributed by atoms with Crippen LogP contribution in [0.4, 0.5) is 17.1 Å². The van der Waals surface area contributed by atoms with Gasteiger partial charge in [0.1, 0.15) is 0 Å². The molecule has 2 amide bonds. The van der Waals surface area contributed by atoms with Crippen molar-refractivity contribution in [2.24, 2.45) is 0 Å². The quantitative estimate of drug-likeness (QED) is 0.745. The Balaban J connectivity index is 1.98. The van der Waals surface area contributed by atoms with Gasteiger partial charge in [-0.3, -0.25) is 9.59 Å². The fourth-order valence-corrected chi connectivity index (χ4v) is 2.37. The molecule has 0 aliphatic heterocycles. The fourth-order valence-electron chi connectivity index (χ4n) is 2.37. The maximum atomic E-state index is 12.2. The molecule has 0 heterocycles. The summed E-state index contributed by atoms with van der Waals surface area (Å²) in [7, 11) is 0. The summed E-state index contributed by atoms with van der Waals surface area (Å²) in [6, 6.07) is 11.5. The number of aryl methyl sites for hydroxylation is 2. The second-order valence-corrected chi connectivity index (χ2v) is 6.08. The summed E-state index contributed by atoms with van der Waals surface area (Å²) in [6.07, 6.45) is 0.426. The molecule has 0 saturated heterocycles. The van der Waals surface area contributed by atoms with Crippen molar-refractivity contribution in [3.05, 3.63) is 53.1 Å². The van der Waals surface area contributed by atoms with Crippen LogP contribution in [0.1, 0.15) is 30.0 Å². The normalized spacial score (nSPS) is 10.2. The molecule has 0 atom stereocenters. The minimum atomic E-state index is -0.117. The van der Waals surface area contributed by atoms with Crippen molar-refractivity contribution in [1.82, 2.24) is 0 Å². The zero-order chi connectivity index (χ0) is 18.4. The van der Waals surface area contributed by atoms with Crippen LogP contribution in [0.5, 0.6) is 0 Å². The lowest BCUT2D eigenvalue weighted by Gasteiger charge is -2.13. The molecule has 5 heteroatoms. The molecule has 0 bridgehead atoms. The molecule has 25 heavy (non-hydrogen) atoms. The van der Waals surface area contributed by atoms with Crippen molar-refractivity contribution in [1.29, 1.82) is 0 Å². The van der Waals surface area contributed by atoms with Crippen molar-refractivity contribution in [3.63, 3.8) is 0 Å². The third-order valence-corrected chi connectivity index (χ3v) is 4.16. The average molecular weight is 339 g/mol. The monoisotopic (exact) mass is 339 g/mol. The van der Waals surface area contributed by atoms with E-state index in [2.05, 4.69) is 16.0 Å². The summed E-state index contributed by atoms with van der Waals surface area (Å²) < 4.78 is 0. The maximum absolute atomic E-state index is 12.2. The minimum absolute atomic E-state index is 0.0343. The molecule has 0 fully saturated rings. The van der Waals surface area contributed by atoms with Crippen LogP contribution in [0.15, 0.2) is 36.4 Å². The largest absolute Gasteiger partial charge is 0.376 e. The first kappa shape index (κ1) is 18.5. The Morgan fingerprint density at radius 3 is 2.32 bits per heavy atom. The number of hydrogen-bond acceptors (Lipinski definition) is 3. The second-order valence-electron chi connectivity index (χ2n) is 6.08. The van der Waals surface area contributed by atoms with Crippen LogP contribution >= 0.6 is 0 Å². The van der Waals surface area contributed by atoms with Crippen LogP contribution in [0.3, 0.4) is 0 Å². The molecule has 0 spiro atoms. The molecule has 0 radical (unpaired) electrons. The van der Waals surface area contributed by atoms with Crippen molar-refractivity contribution in [3.8, 4) is 0 Å². The van der Waals surface area contributed by atoms with Gasteiger partial charge in [0.05, 0.1) is 6.54 Å². The zero-order valence-corrected chi connectivity index (χ0v) is 15.2. The third-order valence-electron chi connectivity index (χ3n) is 4.16. The molecule has 2 aromatic carbocycles. The van der Waals surface area contributed by atoms with Crippen molar-refractivity contribution >= 4 is 28.9 Å². The molecule has 5 nitrogen and oxygen atoms in total. The third kappa shape index (κ3) is 5.08. The van der Waals surface area contributed by atoms with E-state index in [-0.39, 0.29) is 18.4 Å².